The van der Waals surface area contributed by atoms with Crippen molar-refractivity contribution in [3.63, 3.8) is 0 Å². The van der Waals surface area contributed by atoms with Crippen molar-refractivity contribution in [3.05, 3.63) is 41.9 Å². The fraction of sp³-hybridized carbons (Fsp3) is 0.500. The standard InChI is InChI=1S/C18H26FN3O/c1-4-8-21(5-2)11-14-6-7-17(16(19)10-14)22-12-15(18(20)23)9-13(22)3/h6-7,10,15H,3-5,8-9,11-12H2,1-2H3,(H2,20,23). The van der Waals surface area contributed by atoms with E-state index in [4.69, 9.17) is 5.73 Å². The maximum atomic E-state index is 14.5. The largest absolute Gasteiger partial charge is 0.369 e. The number of benzene rings is 1. The van der Waals surface area contributed by atoms with E-state index in [-0.39, 0.29) is 17.6 Å². The molecule has 23 heavy (non-hydrogen) atoms. The zero-order valence-corrected chi connectivity index (χ0v) is 14.0. The molecule has 1 fully saturated rings. The van der Waals surface area contributed by atoms with Crippen LogP contribution in [0.15, 0.2) is 30.5 Å². The van der Waals surface area contributed by atoms with Gasteiger partial charge in [0.25, 0.3) is 0 Å². The summed E-state index contributed by atoms with van der Waals surface area (Å²) in [5.41, 5.74) is 7.52. The summed E-state index contributed by atoms with van der Waals surface area (Å²) >= 11 is 0. The number of hydrogen-bond donors (Lipinski definition) is 1. The predicted molar refractivity (Wildman–Crippen MR) is 91.4 cm³/mol. The summed E-state index contributed by atoms with van der Waals surface area (Å²) in [6, 6.07) is 5.30. The monoisotopic (exact) mass is 319 g/mol. The zero-order chi connectivity index (χ0) is 17.0. The van der Waals surface area contributed by atoms with Crippen LogP contribution in [-0.4, -0.2) is 30.4 Å². The molecule has 1 aromatic carbocycles. The number of primary amides is 1. The van der Waals surface area contributed by atoms with Crippen molar-refractivity contribution < 1.29 is 9.18 Å². The molecule has 5 heteroatoms. The van der Waals surface area contributed by atoms with E-state index in [1.165, 1.54) is 0 Å². The average Bonchev–Trinajstić information content (AvgIpc) is 2.89. The molecule has 0 bridgehead atoms. The summed E-state index contributed by atoms with van der Waals surface area (Å²) in [7, 11) is 0. The molecule has 1 amide bonds. The molecular formula is C18H26FN3O. The number of amides is 1. The van der Waals surface area contributed by atoms with Crippen molar-refractivity contribution in [2.24, 2.45) is 11.7 Å². The first-order valence-electron chi connectivity index (χ1n) is 8.21. The van der Waals surface area contributed by atoms with Crippen molar-refractivity contribution in [1.29, 1.82) is 0 Å². The van der Waals surface area contributed by atoms with Crippen LogP contribution in [0.25, 0.3) is 0 Å². The van der Waals surface area contributed by atoms with Crippen molar-refractivity contribution >= 4 is 11.6 Å². The van der Waals surface area contributed by atoms with Gasteiger partial charge in [0.2, 0.25) is 5.91 Å². The van der Waals surface area contributed by atoms with Crippen LogP contribution in [0.3, 0.4) is 0 Å². The molecule has 1 aliphatic rings. The molecular weight excluding hydrogens is 293 g/mol. The number of anilines is 1. The topological polar surface area (TPSA) is 49.6 Å². The fourth-order valence-corrected chi connectivity index (χ4v) is 3.06. The summed E-state index contributed by atoms with van der Waals surface area (Å²) in [4.78, 5) is 15.4. The minimum absolute atomic E-state index is 0.277. The Bertz CT molecular complexity index is 588. The Labute approximate surface area is 137 Å². The third-order valence-corrected chi connectivity index (χ3v) is 4.37. The number of nitrogens with two attached hydrogens (primary N) is 1. The Hall–Kier alpha value is -1.88. The summed E-state index contributed by atoms with van der Waals surface area (Å²) in [6.45, 7) is 11.3. The zero-order valence-electron chi connectivity index (χ0n) is 14.0. The van der Waals surface area contributed by atoms with Gasteiger partial charge in [-0.05, 0) is 37.2 Å². The van der Waals surface area contributed by atoms with Gasteiger partial charge in [0.1, 0.15) is 5.82 Å². The maximum Gasteiger partial charge on any atom is 0.222 e. The number of carbonyl (C=O) groups excluding carboxylic acids is 1. The quantitative estimate of drug-likeness (QED) is 0.841. The van der Waals surface area contributed by atoms with Crippen molar-refractivity contribution in [2.45, 2.75) is 33.2 Å². The molecule has 1 aromatic rings. The lowest BCUT2D eigenvalue weighted by molar-refractivity contribution is -0.121. The summed E-state index contributed by atoms with van der Waals surface area (Å²) < 4.78 is 14.5. The van der Waals surface area contributed by atoms with E-state index in [1.54, 1.807) is 17.0 Å². The molecule has 0 spiro atoms. The number of rotatable bonds is 7. The van der Waals surface area contributed by atoms with Crippen LogP contribution >= 0.6 is 0 Å². The van der Waals surface area contributed by atoms with Gasteiger partial charge in [-0.15, -0.1) is 0 Å². The van der Waals surface area contributed by atoms with E-state index in [0.717, 1.165) is 37.3 Å². The van der Waals surface area contributed by atoms with Gasteiger partial charge in [0.15, 0.2) is 0 Å². The molecule has 1 unspecified atom stereocenters. The summed E-state index contributed by atoms with van der Waals surface area (Å²) in [6.07, 6.45) is 1.58. The van der Waals surface area contributed by atoms with Crippen LogP contribution in [0.2, 0.25) is 0 Å². The number of nitrogens with zero attached hydrogens (tertiary/aromatic N) is 2. The lowest BCUT2D eigenvalue weighted by Gasteiger charge is -2.22. The second-order valence-corrected chi connectivity index (χ2v) is 6.13. The highest BCUT2D eigenvalue weighted by Gasteiger charge is 2.31. The van der Waals surface area contributed by atoms with E-state index < -0.39 is 0 Å². The fourth-order valence-electron chi connectivity index (χ4n) is 3.06. The van der Waals surface area contributed by atoms with E-state index in [0.29, 0.717) is 18.7 Å². The Morgan fingerprint density at radius 1 is 1.48 bits per heavy atom. The molecule has 1 heterocycles. The molecule has 1 atom stereocenters. The SMILES string of the molecule is C=C1CC(C(N)=O)CN1c1ccc(CN(CC)CCC)cc1F. The lowest BCUT2D eigenvalue weighted by Crippen LogP contribution is -2.27. The van der Waals surface area contributed by atoms with Crippen LogP contribution in [0.5, 0.6) is 0 Å². The highest BCUT2D eigenvalue weighted by Crippen LogP contribution is 2.33. The Kier molecular flexibility index (Phi) is 5.77. The summed E-state index contributed by atoms with van der Waals surface area (Å²) in [5, 5.41) is 0. The molecule has 4 nitrogen and oxygen atoms in total. The maximum absolute atomic E-state index is 14.5. The van der Waals surface area contributed by atoms with Crippen LogP contribution in [0.1, 0.15) is 32.3 Å². The first-order chi connectivity index (χ1) is 11.0. The van der Waals surface area contributed by atoms with Gasteiger partial charge >= 0.3 is 0 Å². The van der Waals surface area contributed by atoms with Gasteiger partial charge in [0.05, 0.1) is 11.6 Å². The minimum atomic E-state index is -0.358. The van der Waals surface area contributed by atoms with Gasteiger partial charge in [-0.2, -0.15) is 0 Å². The normalized spacial score (nSPS) is 18.0. The molecule has 0 saturated carbocycles. The van der Waals surface area contributed by atoms with Crippen molar-refractivity contribution in [1.82, 2.24) is 4.90 Å². The molecule has 0 radical (unpaired) electrons. The van der Waals surface area contributed by atoms with Gasteiger partial charge < -0.3 is 10.6 Å². The van der Waals surface area contributed by atoms with Crippen LogP contribution in [-0.2, 0) is 11.3 Å². The predicted octanol–water partition coefficient (Wildman–Crippen LogP) is 2.88. The van der Waals surface area contributed by atoms with Gasteiger partial charge in [-0.3, -0.25) is 9.69 Å². The second kappa shape index (κ2) is 7.59. The molecule has 126 valence electrons. The van der Waals surface area contributed by atoms with E-state index >= 15 is 0 Å². The van der Waals surface area contributed by atoms with Crippen molar-refractivity contribution in [3.8, 4) is 0 Å². The van der Waals surface area contributed by atoms with Gasteiger partial charge in [-0.25, -0.2) is 4.39 Å². The number of halogens is 1. The minimum Gasteiger partial charge on any atom is -0.369 e. The molecule has 2 N–H and O–H groups in total. The first kappa shape index (κ1) is 17.5. The van der Waals surface area contributed by atoms with Crippen LogP contribution in [0.4, 0.5) is 10.1 Å². The van der Waals surface area contributed by atoms with E-state index in [1.807, 2.05) is 6.07 Å². The highest BCUT2D eigenvalue weighted by atomic mass is 19.1. The average molecular weight is 319 g/mol. The van der Waals surface area contributed by atoms with Crippen molar-refractivity contribution in [2.75, 3.05) is 24.5 Å². The number of carbonyl (C=O) groups is 1. The molecule has 0 aromatic heterocycles. The third kappa shape index (κ3) is 4.10. The van der Waals surface area contributed by atoms with E-state index in [2.05, 4.69) is 25.3 Å². The molecule has 1 saturated heterocycles. The molecule has 0 aliphatic carbocycles. The van der Waals surface area contributed by atoms with Crippen LogP contribution < -0.4 is 10.6 Å². The van der Waals surface area contributed by atoms with Gasteiger partial charge in [0, 0.05) is 25.2 Å². The first-order valence-corrected chi connectivity index (χ1v) is 8.21. The van der Waals surface area contributed by atoms with E-state index in [9.17, 15) is 9.18 Å². The highest BCUT2D eigenvalue weighted by molar-refractivity contribution is 5.79. The molecule has 1 aliphatic heterocycles. The summed E-state index contributed by atoms with van der Waals surface area (Å²) in [5.74, 6) is -0.924. The smallest absolute Gasteiger partial charge is 0.222 e. The molecule has 2 rings (SSSR count). The second-order valence-electron chi connectivity index (χ2n) is 6.13. The number of allylic oxidation sites excluding steroid dienone is 1. The lowest BCUT2D eigenvalue weighted by atomic mass is 10.1. The third-order valence-electron chi connectivity index (χ3n) is 4.37. The number of hydrogen-bond acceptors (Lipinski definition) is 3. The Balaban J connectivity index is 2.13. The Morgan fingerprint density at radius 3 is 2.74 bits per heavy atom. The van der Waals surface area contributed by atoms with Gasteiger partial charge in [-0.1, -0.05) is 26.5 Å². The van der Waals surface area contributed by atoms with Crippen LogP contribution in [0, 0.1) is 11.7 Å². The Morgan fingerprint density at radius 2 is 2.22 bits per heavy atom.